The van der Waals surface area contributed by atoms with Crippen LogP contribution in [0.5, 0.6) is 0 Å². The smallest absolute Gasteiger partial charge is 0.326 e. The number of carbonyl (C=O) groups is 3. The van der Waals surface area contributed by atoms with Gasteiger partial charge in [0, 0.05) is 5.69 Å². The molecule has 0 saturated carbocycles. The summed E-state index contributed by atoms with van der Waals surface area (Å²) in [5.41, 5.74) is 5.51. The zero-order valence-electron chi connectivity index (χ0n) is 17.4. The van der Waals surface area contributed by atoms with E-state index in [1.165, 1.54) is 0 Å². The van der Waals surface area contributed by atoms with Gasteiger partial charge in [-0.25, -0.2) is 4.79 Å². The van der Waals surface area contributed by atoms with Crippen LogP contribution in [0.3, 0.4) is 0 Å². The maximum absolute atomic E-state index is 13.6. The van der Waals surface area contributed by atoms with Crippen molar-refractivity contribution in [2.24, 2.45) is 0 Å². The highest BCUT2D eigenvalue weighted by atomic mass is 32.1. The van der Waals surface area contributed by atoms with E-state index in [0.717, 1.165) is 10.6 Å². The molecule has 1 aliphatic rings. The number of nitrogens with zero attached hydrogens (tertiary/aromatic N) is 1. The summed E-state index contributed by atoms with van der Waals surface area (Å²) in [4.78, 5) is 39.8. The van der Waals surface area contributed by atoms with Gasteiger partial charge in [0.1, 0.15) is 6.54 Å². The number of thiocarbonyl (C=S) groups is 1. The van der Waals surface area contributed by atoms with Gasteiger partial charge in [0.05, 0.1) is 0 Å². The highest BCUT2D eigenvalue weighted by Gasteiger charge is 2.54. The van der Waals surface area contributed by atoms with Crippen LogP contribution < -0.4 is 21.5 Å². The van der Waals surface area contributed by atoms with Gasteiger partial charge in [-0.3, -0.25) is 25.3 Å². The number of nitrogens with one attached hydrogen (secondary N) is 4. The van der Waals surface area contributed by atoms with E-state index in [9.17, 15) is 14.4 Å². The first-order chi connectivity index (χ1) is 16.0. The van der Waals surface area contributed by atoms with E-state index >= 15 is 0 Å². The van der Waals surface area contributed by atoms with Crippen LogP contribution in [0.15, 0.2) is 91.0 Å². The Hall–Kier alpha value is -4.24. The van der Waals surface area contributed by atoms with Gasteiger partial charge in [-0.1, -0.05) is 78.9 Å². The van der Waals surface area contributed by atoms with Crippen LogP contribution >= 0.6 is 12.2 Å². The molecule has 1 fully saturated rings. The SMILES string of the molecule is O=C(CN1C(=O)NC(c2ccccc2)(c2ccccc2)C1=O)NNC(=S)Nc1ccccc1. The Labute approximate surface area is 196 Å². The summed E-state index contributed by atoms with van der Waals surface area (Å²) in [5.74, 6) is -1.14. The van der Waals surface area contributed by atoms with Gasteiger partial charge < -0.3 is 10.6 Å². The fourth-order valence-corrected chi connectivity index (χ4v) is 3.82. The summed E-state index contributed by atoms with van der Waals surface area (Å²) < 4.78 is 0. The fourth-order valence-electron chi connectivity index (χ4n) is 3.65. The summed E-state index contributed by atoms with van der Waals surface area (Å²) in [6.07, 6.45) is 0. The fraction of sp³-hybridized carbons (Fsp3) is 0.0833. The molecule has 0 atom stereocenters. The van der Waals surface area contributed by atoms with E-state index in [0.29, 0.717) is 11.1 Å². The largest absolute Gasteiger partial charge is 0.331 e. The highest BCUT2D eigenvalue weighted by molar-refractivity contribution is 7.80. The molecular formula is C24H21N5O3S. The van der Waals surface area contributed by atoms with E-state index in [2.05, 4.69) is 21.5 Å². The third-order valence-corrected chi connectivity index (χ3v) is 5.37. The highest BCUT2D eigenvalue weighted by Crippen LogP contribution is 2.35. The molecule has 0 aliphatic carbocycles. The summed E-state index contributed by atoms with van der Waals surface area (Å²) in [6, 6.07) is 26.4. The Kier molecular flexibility index (Phi) is 6.32. The van der Waals surface area contributed by atoms with Crippen molar-refractivity contribution < 1.29 is 14.4 Å². The Bertz CT molecular complexity index is 1130. The molecule has 0 aromatic heterocycles. The van der Waals surface area contributed by atoms with Crippen molar-refractivity contribution in [1.29, 1.82) is 0 Å². The zero-order chi connectivity index (χ0) is 23.3. The zero-order valence-corrected chi connectivity index (χ0v) is 18.3. The maximum Gasteiger partial charge on any atom is 0.326 e. The Morgan fingerprint density at radius 1 is 0.818 bits per heavy atom. The predicted molar refractivity (Wildman–Crippen MR) is 128 cm³/mol. The van der Waals surface area contributed by atoms with Crippen molar-refractivity contribution in [2.75, 3.05) is 11.9 Å². The molecule has 1 saturated heterocycles. The normalized spacial score (nSPS) is 14.4. The van der Waals surface area contributed by atoms with Gasteiger partial charge in [0.15, 0.2) is 10.7 Å². The second kappa shape index (κ2) is 9.49. The molecule has 4 rings (SSSR count). The number of amides is 4. The van der Waals surface area contributed by atoms with Crippen molar-refractivity contribution in [3.8, 4) is 0 Å². The second-order valence-electron chi connectivity index (χ2n) is 7.30. The average molecular weight is 460 g/mol. The van der Waals surface area contributed by atoms with Crippen LogP contribution in [-0.2, 0) is 15.1 Å². The summed E-state index contributed by atoms with van der Waals surface area (Å²) in [5, 5.41) is 5.87. The van der Waals surface area contributed by atoms with Crippen LogP contribution in [0, 0.1) is 0 Å². The predicted octanol–water partition coefficient (Wildman–Crippen LogP) is 2.50. The summed E-state index contributed by atoms with van der Waals surface area (Å²) >= 11 is 5.15. The van der Waals surface area contributed by atoms with Crippen molar-refractivity contribution in [2.45, 2.75) is 5.54 Å². The van der Waals surface area contributed by atoms with Crippen molar-refractivity contribution in [1.82, 2.24) is 21.1 Å². The summed E-state index contributed by atoms with van der Waals surface area (Å²) in [7, 11) is 0. The molecule has 0 radical (unpaired) electrons. The molecule has 0 spiro atoms. The van der Waals surface area contributed by atoms with Crippen LogP contribution in [0.1, 0.15) is 11.1 Å². The molecule has 8 nitrogen and oxygen atoms in total. The van der Waals surface area contributed by atoms with Gasteiger partial charge in [0.25, 0.3) is 11.8 Å². The van der Waals surface area contributed by atoms with Gasteiger partial charge in [-0.2, -0.15) is 0 Å². The van der Waals surface area contributed by atoms with E-state index in [4.69, 9.17) is 12.2 Å². The average Bonchev–Trinajstić information content (AvgIpc) is 3.10. The number of hydrogen-bond acceptors (Lipinski definition) is 4. The number of hydrazine groups is 1. The van der Waals surface area contributed by atoms with E-state index in [-0.39, 0.29) is 5.11 Å². The quantitative estimate of drug-likeness (QED) is 0.266. The number of para-hydroxylation sites is 1. The topological polar surface area (TPSA) is 103 Å². The van der Waals surface area contributed by atoms with Gasteiger partial charge >= 0.3 is 6.03 Å². The number of urea groups is 1. The van der Waals surface area contributed by atoms with Crippen molar-refractivity contribution >= 4 is 40.9 Å². The Morgan fingerprint density at radius 3 is 1.88 bits per heavy atom. The number of carbonyl (C=O) groups excluding carboxylic acids is 3. The van der Waals surface area contributed by atoms with Crippen molar-refractivity contribution in [3.63, 3.8) is 0 Å². The van der Waals surface area contributed by atoms with Crippen molar-refractivity contribution in [3.05, 3.63) is 102 Å². The maximum atomic E-state index is 13.6. The Balaban J connectivity index is 1.48. The van der Waals surface area contributed by atoms with Crippen LogP contribution in [0.25, 0.3) is 0 Å². The number of rotatable bonds is 5. The number of anilines is 1. The molecule has 3 aromatic carbocycles. The number of hydrogen-bond donors (Lipinski definition) is 4. The van der Waals surface area contributed by atoms with Gasteiger partial charge in [-0.15, -0.1) is 0 Å². The molecule has 4 N–H and O–H groups in total. The lowest BCUT2D eigenvalue weighted by Crippen LogP contribution is -2.49. The molecule has 166 valence electrons. The molecular weight excluding hydrogens is 438 g/mol. The molecule has 0 unspecified atom stereocenters. The van der Waals surface area contributed by atoms with E-state index in [1.54, 1.807) is 48.5 Å². The first-order valence-corrected chi connectivity index (χ1v) is 10.6. The molecule has 1 heterocycles. The monoisotopic (exact) mass is 459 g/mol. The Morgan fingerprint density at radius 2 is 1.33 bits per heavy atom. The second-order valence-corrected chi connectivity index (χ2v) is 7.71. The summed E-state index contributed by atoms with van der Waals surface area (Å²) in [6.45, 7) is -0.479. The first kappa shape index (κ1) is 22.0. The lowest BCUT2D eigenvalue weighted by molar-refractivity contribution is -0.134. The minimum atomic E-state index is -1.42. The molecule has 33 heavy (non-hydrogen) atoms. The van der Waals surface area contributed by atoms with E-state index < -0.39 is 29.9 Å². The molecule has 1 aliphatic heterocycles. The molecule has 0 bridgehead atoms. The van der Waals surface area contributed by atoms with Crippen LogP contribution in [-0.4, -0.2) is 34.4 Å². The molecule has 9 heteroatoms. The minimum Gasteiger partial charge on any atom is -0.331 e. The first-order valence-electron chi connectivity index (χ1n) is 10.2. The lowest BCUT2D eigenvalue weighted by Gasteiger charge is -2.28. The minimum absolute atomic E-state index is 0.162. The lowest BCUT2D eigenvalue weighted by atomic mass is 9.82. The third kappa shape index (κ3) is 4.53. The van der Waals surface area contributed by atoms with E-state index in [1.807, 2.05) is 42.5 Å². The third-order valence-electron chi connectivity index (χ3n) is 5.17. The molecule has 3 aromatic rings. The van der Waals surface area contributed by atoms with Crippen LogP contribution in [0.2, 0.25) is 0 Å². The number of benzene rings is 3. The standard InChI is InChI=1S/C24H21N5O3S/c30-20(27-28-22(33)25-19-14-8-3-9-15-19)16-29-21(31)24(26-23(29)32,17-10-4-1-5-11-17)18-12-6-2-7-13-18/h1-15H,16H2,(H,26,32)(H,27,30)(H2,25,28,33). The molecule has 4 amide bonds. The van der Waals surface area contributed by atoms with Gasteiger partial charge in [-0.05, 0) is 35.5 Å². The van der Waals surface area contributed by atoms with Crippen LogP contribution in [0.4, 0.5) is 10.5 Å². The van der Waals surface area contributed by atoms with Gasteiger partial charge in [0.2, 0.25) is 0 Å². The number of imide groups is 1.